The lowest BCUT2D eigenvalue weighted by molar-refractivity contribution is -0.153. The number of aromatic hydroxyl groups is 1. The van der Waals surface area contributed by atoms with Crippen LogP contribution < -0.4 is 4.74 Å². The predicted octanol–water partition coefficient (Wildman–Crippen LogP) is 6.36. The van der Waals surface area contributed by atoms with Crippen LogP contribution in [0.15, 0.2) is 35.9 Å². The standard InChI is InChI=1S/C28H41O8P/c1-6-9-21-17-24(29)26(23-16-20(4)10-11-22(23)19(2)3)25(18-21)35-27(30)28(12-7-8-13-28)36-37(31,32)34-15-14-33-5/h16-18,22-23,29H,2,6-15H2,1,3-5H3,(H,31,32)/t22-,23+/m0/s1. The van der Waals surface area contributed by atoms with E-state index in [0.717, 1.165) is 30.4 Å². The summed E-state index contributed by atoms with van der Waals surface area (Å²) < 4.78 is 34.0. The van der Waals surface area contributed by atoms with E-state index >= 15 is 0 Å². The molecule has 1 aromatic carbocycles. The molecule has 1 aromatic rings. The number of rotatable bonds is 12. The highest BCUT2D eigenvalue weighted by Crippen LogP contribution is 2.53. The number of hydrogen-bond acceptors (Lipinski definition) is 7. The van der Waals surface area contributed by atoms with Gasteiger partial charge in [0.15, 0.2) is 5.60 Å². The van der Waals surface area contributed by atoms with Crippen molar-refractivity contribution in [2.24, 2.45) is 5.92 Å². The number of methoxy groups -OCH3 is 1. The van der Waals surface area contributed by atoms with Crippen LogP contribution in [0.1, 0.15) is 82.8 Å². The molecule has 9 heteroatoms. The Labute approximate surface area is 220 Å². The Kier molecular flexibility index (Phi) is 10.2. The van der Waals surface area contributed by atoms with Crippen molar-refractivity contribution in [3.05, 3.63) is 47.1 Å². The van der Waals surface area contributed by atoms with E-state index in [2.05, 4.69) is 19.6 Å². The Morgan fingerprint density at radius 3 is 2.57 bits per heavy atom. The molecule has 1 fully saturated rings. The van der Waals surface area contributed by atoms with Gasteiger partial charge < -0.3 is 19.5 Å². The van der Waals surface area contributed by atoms with E-state index in [-0.39, 0.29) is 49.4 Å². The molecule has 0 aromatic heterocycles. The zero-order chi connectivity index (χ0) is 27.2. The zero-order valence-corrected chi connectivity index (χ0v) is 23.4. The third kappa shape index (κ3) is 7.33. The number of carbonyl (C=O) groups is 1. The number of ether oxygens (including phenoxy) is 2. The van der Waals surface area contributed by atoms with Crippen LogP contribution in [0.5, 0.6) is 11.5 Å². The van der Waals surface area contributed by atoms with Crippen LogP contribution >= 0.6 is 7.82 Å². The first-order chi connectivity index (χ1) is 17.5. The summed E-state index contributed by atoms with van der Waals surface area (Å²) in [7, 11) is -3.10. The summed E-state index contributed by atoms with van der Waals surface area (Å²) in [4.78, 5) is 24.0. The van der Waals surface area contributed by atoms with Gasteiger partial charge >= 0.3 is 13.8 Å². The van der Waals surface area contributed by atoms with Crippen LogP contribution in [0.3, 0.4) is 0 Å². The normalized spacial score (nSPS) is 22.8. The second kappa shape index (κ2) is 12.7. The lowest BCUT2D eigenvalue weighted by Crippen LogP contribution is -2.41. The molecule has 3 atom stereocenters. The number of aryl methyl sites for hydroxylation is 1. The average Bonchev–Trinajstić information content (AvgIpc) is 3.28. The summed E-state index contributed by atoms with van der Waals surface area (Å²) in [6, 6.07) is 3.52. The van der Waals surface area contributed by atoms with Gasteiger partial charge in [-0.05, 0) is 82.4 Å². The maximum absolute atomic E-state index is 13.7. The maximum atomic E-state index is 13.7. The molecule has 206 valence electrons. The molecule has 2 aliphatic carbocycles. The van der Waals surface area contributed by atoms with Crippen molar-refractivity contribution in [1.82, 2.24) is 0 Å². The Balaban J connectivity index is 2.00. The lowest BCUT2D eigenvalue weighted by atomic mass is 9.73. The summed E-state index contributed by atoms with van der Waals surface area (Å²) in [6.45, 7) is 10.2. The molecule has 0 spiro atoms. The van der Waals surface area contributed by atoms with Gasteiger partial charge in [-0.1, -0.05) is 37.1 Å². The molecule has 2 N–H and O–H groups in total. The third-order valence-electron chi connectivity index (χ3n) is 7.25. The van der Waals surface area contributed by atoms with Gasteiger partial charge in [-0.15, -0.1) is 0 Å². The van der Waals surface area contributed by atoms with Crippen molar-refractivity contribution >= 4 is 13.8 Å². The highest BCUT2D eigenvalue weighted by molar-refractivity contribution is 7.47. The second-order valence-electron chi connectivity index (χ2n) is 10.3. The minimum atomic E-state index is -4.55. The fourth-order valence-corrected chi connectivity index (χ4v) is 6.44. The smallest absolute Gasteiger partial charge is 0.473 e. The molecular formula is C28H41O8P. The van der Waals surface area contributed by atoms with E-state index < -0.39 is 19.4 Å². The van der Waals surface area contributed by atoms with Crippen LogP contribution in [-0.4, -0.2) is 41.9 Å². The molecule has 0 aliphatic heterocycles. The van der Waals surface area contributed by atoms with Crippen LogP contribution in [0.2, 0.25) is 0 Å². The minimum absolute atomic E-state index is 0.0630. The number of esters is 1. The highest BCUT2D eigenvalue weighted by atomic mass is 31.2. The van der Waals surface area contributed by atoms with Gasteiger partial charge in [0, 0.05) is 18.6 Å². The molecule has 8 nitrogen and oxygen atoms in total. The summed E-state index contributed by atoms with van der Waals surface area (Å²) in [6.07, 6.45) is 7.23. The van der Waals surface area contributed by atoms with Crippen molar-refractivity contribution in [3.8, 4) is 11.5 Å². The number of phosphoric ester groups is 1. The molecule has 1 unspecified atom stereocenters. The molecule has 0 heterocycles. The van der Waals surface area contributed by atoms with Gasteiger partial charge in [0.25, 0.3) is 0 Å². The largest absolute Gasteiger partial charge is 0.507 e. The number of carbonyl (C=O) groups excluding carboxylic acids is 1. The van der Waals surface area contributed by atoms with Crippen LogP contribution in [0.4, 0.5) is 0 Å². The summed E-state index contributed by atoms with van der Waals surface area (Å²) in [5, 5.41) is 11.2. The minimum Gasteiger partial charge on any atom is -0.507 e. The monoisotopic (exact) mass is 536 g/mol. The van der Waals surface area contributed by atoms with Gasteiger partial charge in [0.2, 0.25) is 0 Å². The van der Waals surface area contributed by atoms with E-state index in [9.17, 15) is 19.4 Å². The number of phenols is 1. The Morgan fingerprint density at radius 2 is 1.95 bits per heavy atom. The molecule has 37 heavy (non-hydrogen) atoms. The predicted molar refractivity (Wildman–Crippen MR) is 142 cm³/mol. The average molecular weight is 537 g/mol. The van der Waals surface area contributed by atoms with Crippen molar-refractivity contribution in [1.29, 1.82) is 0 Å². The van der Waals surface area contributed by atoms with Crippen molar-refractivity contribution < 1.29 is 37.9 Å². The topological polar surface area (TPSA) is 112 Å². The quantitative estimate of drug-likeness (QED) is 0.104. The van der Waals surface area contributed by atoms with Crippen molar-refractivity contribution in [3.63, 3.8) is 0 Å². The van der Waals surface area contributed by atoms with Crippen LogP contribution in [0.25, 0.3) is 0 Å². The SMILES string of the molecule is C=C(C)[C@@H]1CCC(C)=C[C@H]1c1c(O)cc(CCC)cc1OC(=O)C1(OP(=O)(O)OCCOC)CCCC1. The van der Waals surface area contributed by atoms with Crippen molar-refractivity contribution in [2.45, 2.75) is 83.7 Å². The first-order valence-electron chi connectivity index (χ1n) is 13.1. The molecule has 2 aliphatic rings. The molecule has 0 bridgehead atoms. The van der Waals surface area contributed by atoms with E-state index in [1.54, 1.807) is 12.1 Å². The summed E-state index contributed by atoms with van der Waals surface area (Å²) >= 11 is 0. The van der Waals surface area contributed by atoms with Crippen molar-refractivity contribution in [2.75, 3.05) is 20.3 Å². The summed E-state index contributed by atoms with van der Waals surface area (Å²) in [5.41, 5.74) is 1.94. The zero-order valence-electron chi connectivity index (χ0n) is 22.5. The van der Waals surface area contributed by atoms with E-state index in [0.29, 0.717) is 24.8 Å². The number of hydrogen-bond donors (Lipinski definition) is 2. The number of phosphoric acid groups is 1. The Hall–Kier alpha value is -1.96. The van der Waals surface area contributed by atoms with E-state index in [1.165, 1.54) is 12.7 Å². The maximum Gasteiger partial charge on any atom is 0.473 e. The Bertz CT molecular complexity index is 1060. The van der Waals surface area contributed by atoms with Gasteiger partial charge in [-0.2, -0.15) is 0 Å². The first kappa shape index (κ1) is 29.6. The molecule has 3 rings (SSSR count). The number of allylic oxidation sites excluding steroid dienone is 3. The van der Waals surface area contributed by atoms with Gasteiger partial charge in [0.1, 0.15) is 11.5 Å². The van der Waals surface area contributed by atoms with Gasteiger partial charge in [0.05, 0.1) is 13.2 Å². The lowest BCUT2D eigenvalue weighted by Gasteiger charge is -2.33. The fourth-order valence-electron chi connectivity index (χ4n) is 5.38. The van der Waals surface area contributed by atoms with Gasteiger partial charge in [-0.25, -0.2) is 9.36 Å². The first-order valence-corrected chi connectivity index (χ1v) is 14.6. The number of benzene rings is 1. The molecular weight excluding hydrogens is 495 g/mol. The summed E-state index contributed by atoms with van der Waals surface area (Å²) in [5.74, 6) is -0.585. The van der Waals surface area contributed by atoms with Gasteiger partial charge in [-0.3, -0.25) is 9.05 Å². The fraction of sp³-hybridized carbons (Fsp3) is 0.607. The Morgan fingerprint density at radius 1 is 1.24 bits per heavy atom. The molecule has 0 saturated heterocycles. The number of phenolic OH excluding ortho intramolecular Hbond substituents is 1. The highest BCUT2D eigenvalue weighted by Gasteiger charge is 2.50. The van der Waals surface area contributed by atoms with E-state index in [1.807, 2.05) is 13.8 Å². The second-order valence-corrected chi connectivity index (χ2v) is 11.7. The van der Waals surface area contributed by atoms with E-state index in [4.69, 9.17) is 18.5 Å². The van der Waals surface area contributed by atoms with Crippen LogP contribution in [-0.2, 0) is 29.6 Å². The third-order valence-corrected chi connectivity index (χ3v) is 8.34. The molecule has 1 saturated carbocycles. The molecule has 0 radical (unpaired) electrons. The van der Waals surface area contributed by atoms with Crippen LogP contribution in [0, 0.1) is 5.92 Å². The molecule has 0 amide bonds.